The highest BCUT2D eigenvalue weighted by Gasteiger charge is 2.09. The first kappa shape index (κ1) is 12.9. The Morgan fingerprint density at radius 2 is 1.81 bits per heavy atom. The fourth-order valence-corrected chi connectivity index (χ4v) is 1.52. The van der Waals surface area contributed by atoms with Crippen molar-refractivity contribution in [1.82, 2.24) is 0 Å². The molecule has 0 amide bonds. The first-order chi connectivity index (χ1) is 7.41. The van der Waals surface area contributed by atoms with Crippen LogP contribution in [-0.2, 0) is 0 Å². The van der Waals surface area contributed by atoms with E-state index in [4.69, 9.17) is 17.2 Å². The maximum atomic E-state index is 13.6. The average molecular weight is 353 g/mol. The van der Waals surface area contributed by atoms with Crippen LogP contribution in [0.5, 0.6) is 0 Å². The van der Waals surface area contributed by atoms with Crippen molar-refractivity contribution in [3.63, 3.8) is 0 Å². The maximum Gasteiger partial charge on any atom is 0.223 e. The van der Waals surface area contributed by atoms with E-state index in [0.717, 1.165) is 0 Å². The van der Waals surface area contributed by atoms with Gasteiger partial charge in [0.25, 0.3) is 0 Å². The van der Waals surface area contributed by atoms with Crippen LogP contribution in [0.1, 0.15) is 0 Å². The summed E-state index contributed by atoms with van der Waals surface area (Å²) < 4.78 is 14.4. The Morgan fingerprint density at radius 1 is 1.19 bits per heavy atom. The third-order valence-electron chi connectivity index (χ3n) is 1.49. The number of nitrogens with two attached hydrogens (primary N) is 3. The van der Waals surface area contributed by atoms with Crippen LogP contribution in [0.3, 0.4) is 0 Å². The summed E-state index contributed by atoms with van der Waals surface area (Å²) in [4.78, 5) is 7.19. The highest BCUT2D eigenvalue weighted by molar-refractivity contribution is 9.13. The van der Waals surface area contributed by atoms with Crippen molar-refractivity contribution in [3.05, 3.63) is 26.9 Å². The Kier molecular flexibility index (Phi) is 4.25. The van der Waals surface area contributed by atoms with E-state index in [0.29, 0.717) is 4.47 Å². The van der Waals surface area contributed by atoms with E-state index in [1.807, 2.05) is 0 Å². The Morgan fingerprint density at radius 3 is 2.38 bits per heavy atom. The predicted molar refractivity (Wildman–Crippen MR) is 68.9 cm³/mol. The number of aliphatic imine (C=N–C) groups is 2. The second-order valence-corrected chi connectivity index (χ2v) is 4.35. The zero-order chi connectivity index (χ0) is 12.3. The molecule has 0 unspecified atom stereocenters. The molecule has 0 aliphatic carbocycles. The zero-order valence-corrected chi connectivity index (χ0v) is 11.1. The summed E-state index contributed by atoms with van der Waals surface area (Å²) in [5, 5.41) is 0. The van der Waals surface area contributed by atoms with Gasteiger partial charge in [0.15, 0.2) is 11.8 Å². The summed E-state index contributed by atoms with van der Waals surface area (Å²) in [6.45, 7) is 0. The number of hydrogen-bond donors (Lipinski definition) is 3. The molecule has 0 atom stereocenters. The van der Waals surface area contributed by atoms with Gasteiger partial charge in [-0.2, -0.15) is 4.99 Å². The highest BCUT2D eigenvalue weighted by atomic mass is 79.9. The molecular formula is C8H8Br2FN5. The van der Waals surface area contributed by atoms with Crippen molar-refractivity contribution in [1.29, 1.82) is 0 Å². The molecule has 0 saturated carbocycles. The van der Waals surface area contributed by atoms with Gasteiger partial charge in [-0.15, -0.1) is 0 Å². The molecule has 0 spiro atoms. The summed E-state index contributed by atoms with van der Waals surface area (Å²) in [6, 6.07) is 3.06. The maximum absolute atomic E-state index is 13.6. The van der Waals surface area contributed by atoms with Gasteiger partial charge in [-0.1, -0.05) is 0 Å². The van der Waals surface area contributed by atoms with Crippen LogP contribution in [0.4, 0.5) is 10.1 Å². The Balaban J connectivity index is 3.17. The molecule has 16 heavy (non-hydrogen) atoms. The van der Waals surface area contributed by atoms with Crippen molar-refractivity contribution in [2.75, 3.05) is 0 Å². The summed E-state index contributed by atoms with van der Waals surface area (Å²) in [5.74, 6) is -1.01. The van der Waals surface area contributed by atoms with Crippen LogP contribution in [0.2, 0.25) is 0 Å². The summed E-state index contributed by atoms with van der Waals surface area (Å²) in [6.07, 6.45) is 0. The number of hydrogen-bond acceptors (Lipinski definition) is 1. The van der Waals surface area contributed by atoms with Crippen molar-refractivity contribution >= 4 is 49.5 Å². The molecule has 0 aliphatic heterocycles. The lowest BCUT2D eigenvalue weighted by Gasteiger charge is -2.02. The third-order valence-corrected chi connectivity index (χ3v) is 3.46. The SMILES string of the molecule is NC(N)=NC(N)=Nc1ccc(Br)c(Br)c1F. The van der Waals surface area contributed by atoms with E-state index in [2.05, 4.69) is 41.8 Å². The average Bonchev–Trinajstić information content (AvgIpc) is 2.18. The fourth-order valence-electron chi connectivity index (χ4n) is 0.883. The molecule has 0 heterocycles. The number of halogens is 3. The van der Waals surface area contributed by atoms with E-state index in [1.54, 1.807) is 6.07 Å². The van der Waals surface area contributed by atoms with Crippen molar-refractivity contribution < 1.29 is 4.39 Å². The van der Waals surface area contributed by atoms with Crippen LogP contribution in [0, 0.1) is 5.82 Å². The molecule has 0 radical (unpaired) electrons. The van der Waals surface area contributed by atoms with E-state index >= 15 is 0 Å². The Hall–Kier alpha value is -1.15. The Bertz CT molecular complexity index is 468. The van der Waals surface area contributed by atoms with Crippen LogP contribution in [0.15, 0.2) is 31.1 Å². The number of benzene rings is 1. The van der Waals surface area contributed by atoms with E-state index in [-0.39, 0.29) is 22.1 Å². The molecule has 0 aliphatic rings. The molecule has 1 rings (SSSR count). The van der Waals surface area contributed by atoms with Gasteiger partial charge in [0.05, 0.1) is 4.47 Å². The molecule has 5 nitrogen and oxygen atoms in total. The molecule has 1 aromatic carbocycles. The van der Waals surface area contributed by atoms with Crippen LogP contribution >= 0.6 is 31.9 Å². The minimum atomic E-state index is -0.553. The van der Waals surface area contributed by atoms with Crippen molar-refractivity contribution in [3.8, 4) is 0 Å². The third kappa shape index (κ3) is 3.17. The molecule has 1 aromatic rings. The van der Waals surface area contributed by atoms with Gasteiger partial charge in [-0.3, -0.25) is 0 Å². The van der Waals surface area contributed by atoms with Gasteiger partial charge in [-0.05, 0) is 44.0 Å². The van der Waals surface area contributed by atoms with Crippen molar-refractivity contribution in [2.45, 2.75) is 0 Å². The van der Waals surface area contributed by atoms with E-state index in [9.17, 15) is 4.39 Å². The first-order valence-electron chi connectivity index (χ1n) is 3.99. The summed E-state index contributed by atoms with van der Waals surface area (Å²) in [7, 11) is 0. The second kappa shape index (κ2) is 5.26. The lowest BCUT2D eigenvalue weighted by atomic mass is 10.3. The second-order valence-electron chi connectivity index (χ2n) is 2.70. The topological polar surface area (TPSA) is 103 Å². The van der Waals surface area contributed by atoms with Gasteiger partial charge < -0.3 is 17.2 Å². The lowest BCUT2D eigenvalue weighted by molar-refractivity contribution is 0.622. The molecule has 0 saturated heterocycles. The molecular weight excluding hydrogens is 345 g/mol. The minimum absolute atomic E-state index is 0.0394. The minimum Gasteiger partial charge on any atom is -0.370 e. The molecule has 86 valence electrons. The standard InChI is InChI=1S/C8H8Br2FN5/c9-3-1-2-4(6(11)5(3)10)15-8(14)16-7(12)13/h1-2H,(H6,12,13,14,15,16). The summed E-state index contributed by atoms with van der Waals surface area (Å²) in [5.41, 5.74) is 15.6. The fraction of sp³-hybridized carbons (Fsp3) is 0. The van der Waals surface area contributed by atoms with Gasteiger partial charge in [-0.25, -0.2) is 9.38 Å². The largest absolute Gasteiger partial charge is 0.370 e. The van der Waals surface area contributed by atoms with Gasteiger partial charge in [0.2, 0.25) is 5.96 Å². The normalized spacial score (nSPS) is 11.3. The molecule has 0 aromatic heterocycles. The monoisotopic (exact) mass is 351 g/mol. The Labute approximate surface area is 108 Å². The van der Waals surface area contributed by atoms with Gasteiger partial charge in [0, 0.05) is 4.47 Å². The molecule has 0 bridgehead atoms. The van der Waals surface area contributed by atoms with Crippen molar-refractivity contribution in [2.24, 2.45) is 27.2 Å². The van der Waals surface area contributed by atoms with E-state index < -0.39 is 5.82 Å². The molecule has 0 fully saturated rings. The quantitative estimate of drug-likeness (QED) is 0.406. The number of nitrogens with zero attached hydrogens (tertiary/aromatic N) is 2. The number of rotatable bonds is 1. The molecule has 6 N–H and O–H groups in total. The highest BCUT2D eigenvalue weighted by Crippen LogP contribution is 2.31. The van der Waals surface area contributed by atoms with Crippen LogP contribution in [0.25, 0.3) is 0 Å². The first-order valence-corrected chi connectivity index (χ1v) is 5.57. The van der Waals surface area contributed by atoms with Crippen LogP contribution in [-0.4, -0.2) is 11.9 Å². The van der Waals surface area contributed by atoms with E-state index in [1.165, 1.54) is 6.07 Å². The van der Waals surface area contributed by atoms with Gasteiger partial charge >= 0.3 is 0 Å². The smallest absolute Gasteiger partial charge is 0.223 e. The van der Waals surface area contributed by atoms with Crippen LogP contribution < -0.4 is 17.2 Å². The number of guanidine groups is 2. The lowest BCUT2D eigenvalue weighted by Crippen LogP contribution is -2.26. The van der Waals surface area contributed by atoms with Gasteiger partial charge in [0.1, 0.15) is 5.69 Å². The summed E-state index contributed by atoms with van der Waals surface area (Å²) >= 11 is 6.21. The predicted octanol–water partition coefficient (Wildman–Crippen LogP) is 1.57. The zero-order valence-electron chi connectivity index (χ0n) is 7.92. The molecule has 8 heteroatoms.